The molecule has 1 fully saturated rings. The monoisotopic (exact) mass is 301 g/mol. The molecule has 1 N–H and O–H groups in total. The van der Waals surface area contributed by atoms with Crippen LogP contribution < -0.4 is 10.2 Å². The van der Waals surface area contributed by atoms with Crippen LogP contribution in [-0.2, 0) is 13.0 Å². The van der Waals surface area contributed by atoms with Crippen LogP contribution in [0.15, 0.2) is 30.5 Å². The molecule has 0 aromatic carbocycles. The highest BCUT2D eigenvalue weighted by Gasteiger charge is 2.11. The van der Waals surface area contributed by atoms with Crippen LogP contribution in [0.4, 0.5) is 11.5 Å². The first-order chi connectivity index (χ1) is 10.3. The second-order valence-electron chi connectivity index (χ2n) is 5.53. The number of aryl methyl sites for hydroxylation is 1. The molecule has 3 heterocycles. The van der Waals surface area contributed by atoms with Gasteiger partial charge in [0.1, 0.15) is 5.82 Å². The van der Waals surface area contributed by atoms with Crippen LogP contribution in [0.2, 0.25) is 0 Å². The third kappa shape index (κ3) is 3.76. The van der Waals surface area contributed by atoms with Gasteiger partial charge in [-0.25, -0.2) is 4.98 Å². The third-order valence-electron chi connectivity index (χ3n) is 3.96. The molecule has 2 aromatic heterocycles. The van der Waals surface area contributed by atoms with Crippen molar-refractivity contribution in [2.45, 2.75) is 39.2 Å². The molecule has 0 unspecified atom stereocenters. The zero-order valence-electron chi connectivity index (χ0n) is 12.6. The zero-order valence-corrected chi connectivity index (χ0v) is 13.5. The van der Waals surface area contributed by atoms with E-state index in [1.54, 1.807) is 0 Å². The molecule has 1 saturated heterocycles. The second-order valence-corrected chi connectivity index (χ2v) is 6.78. The first-order valence-electron chi connectivity index (χ1n) is 7.87. The number of nitrogens with one attached hydrogen (secondary N) is 1. The summed E-state index contributed by atoms with van der Waals surface area (Å²) in [5.41, 5.74) is 1.10. The Morgan fingerprint density at radius 3 is 2.57 bits per heavy atom. The zero-order chi connectivity index (χ0) is 14.5. The van der Waals surface area contributed by atoms with Gasteiger partial charge in [0.25, 0.3) is 0 Å². The molecule has 0 saturated carbocycles. The summed E-state index contributed by atoms with van der Waals surface area (Å²) in [7, 11) is 0. The minimum atomic E-state index is 0.884. The van der Waals surface area contributed by atoms with Crippen molar-refractivity contribution in [1.82, 2.24) is 4.98 Å². The van der Waals surface area contributed by atoms with E-state index in [4.69, 9.17) is 0 Å². The predicted octanol–water partition coefficient (Wildman–Crippen LogP) is 4.31. The number of anilines is 2. The van der Waals surface area contributed by atoms with Gasteiger partial charge >= 0.3 is 0 Å². The van der Waals surface area contributed by atoms with E-state index >= 15 is 0 Å². The summed E-state index contributed by atoms with van der Waals surface area (Å²) in [6.45, 7) is 5.38. The van der Waals surface area contributed by atoms with Gasteiger partial charge < -0.3 is 10.2 Å². The number of pyridine rings is 1. The summed E-state index contributed by atoms with van der Waals surface area (Å²) in [5.74, 6) is 1.12. The number of thiophene rings is 1. The average Bonchev–Trinajstić information content (AvgIpc) is 3.02. The largest absolute Gasteiger partial charge is 0.379 e. The van der Waals surface area contributed by atoms with Gasteiger partial charge in [-0.3, -0.25) is 0 Å². The molecular weight excluding hydrogens is 278 g/mol. The van der Waals surface area contributed by atoms with Crippen molar-refractivity contribution >= 4 is 22.8 Å². The molecule has 1 aliphatic rings. The molecule has 0 spiro atoms. The van der Waals surface area contributed by atoms with E-state index < -0.39 is 0 Å². The lowest BCUT2D eigenvalue weighted by atomic mass is 10.1. The maximum atomic E-state index is 4.60. The Morgan fingerprint density at radius 2 is 1.90 bits per heavy atom. The van der Waals surface area contributed by atoms with E-state index in [-0.39, 0.29) is 0 Å². The number of aromatic nitrogens is 1. The predicted molar refractivity (Wildman–Crippen MR) is 91.3 cm³/mol. The Bertz CT molecular complexity index is 556. The van der Waals surface area contributed by atoms with Gasteiger partial charge in [-0.05, 0) is 49.9 Å². The van der Waals surface area contributed by atoms with Gasteiger partial charge in [0.05, 0.1) is 11.9 Å². The fraction of sp³-hybridized carbons (Fsp3) is 0.471. The van der Waals surface area contributed by atoms with Crippen LogP contribution in [0.1, 0.15) is 35.9 Å². The molecule has 0 radical (unpaired) electrons. The summed E-state index contributed by atoms with van der Waals surface area (Å²) in [6.07, 6.45) is 7.02. The van der Waals surface area contributed by atoms with Crippen molar-refractivity contribution in [3.8, 4) is 0 Å². The Kier molecular flexibility index (Phi) is 4.76. The maximum Gasteiger partial charge on any atom is 0.128 e. The minimum Gasteiger partial charge on any atom is -0.379 e. The standard InChI is InChI=1S/C17H23N3S/c1-2-15-7-8-16(21-15)13-18-14-6-9-17(19-12-14)20-10-4-3-5-11-20/h6-9,12,18H,2-5,10-11,13H2,1H3. The summed E-state index contributed by atoms with van der Waals surface area (Å²) < 4.78 is 0. The van der Waals surface area contributed by atoms with Crippen molar-refractivity contribution < 1.29 is 0 Å². The average molecular weight is 301 g/mol. The smallest absolute Gasteiger partial charge is 0.128 e. The van der Waals surface area contributed by atoms with Crippen LogP contribution in [0.25, 0.3) is 0 Å². The van der Waals surface area contributed by atoms with Crippen molar-refractivity contribution in [1.29, 1.82) is 0 Å². The molecule has 0 aliphatic carbocycles. The molecule has 3 nitrogen and oxygen atoms in total. The van der Waals surface area contributed by atoms with Crippen LogP contribution in [-0.4, -0.2) is 18.1 Å². The Morgan fingerprint density at radius 1 is 1.10 bits per heavy atom. The van der Waals surface area contributed by atoms with E-state index in [0.29, 0.717) is 0 Å². The third-order valence-corrected chi connectivity index (χ3v) is 5.19. The number of piperidine rings is 1. The summed E-state index contributed by atoms with van der Waals surface area (Å²) >= 11 is 1.89. The van der Waals surface area contributed by atoms with Crippen LogP contribution in [0.3, 0.4) is 0 Å². The first kappa shape index (κ1) is 14.4. The summed E-state index contributed by atoms with van der Waals surface area (Å²) in [6, 6.07) is 8.72. The molecule has 0 amide bonds. The molecule has 2 aromatic rings. The topological polar surface area (TPSA) is 28.2 Å². The Labute approximate surface area is 131 Å². The highest BCUT2D eigenvalue weighted by molar-refractivity contribution is 7.12. The van der Waals surface area contributed by atoms with E-state index in [1.165, 1.54) is 29.0 Å². The van der Waals surface area contributed by atoms with Crippen molar-refractivity contribution in [3.05, 3.63) is 40.2 Å². The lowest BCUT2D eigenvalue weighted by Crippen LogP contribution is -2.30. The molecule has 4 heteroatoms. The maximum absolute atomic E-state index is 4.60. The number of rotatable bonds is 5. The Hall–Kier alpha value is -1.55. The van der Waals surface area contributed by atoms with Crippen molar-refractivity contribution in [2.24, 2.45) is 0 Å². The Balaban J connectivity index is 1.56. The van der Waals surface area contributed by atoms with Gasteiger partial charge in [-0.2, -0.15) is 0 Å². The van der Waals surface area contributed by atoms with E-state index in [0.717, 1.165) is 37.6 Å². The van der Waals surface area contributed by atoms with Crippen LogP contribution in [0.5, 0.6) is 0 Å². The highest BCUT2D eigenvalue weighted by Crippen LogP contribution is 2.21. The SMILES string of the molecule is CCc1ccc(CNc2ccc(N3CCCCC3)nc2)s1. The molecule has 21 heavy (non-hydrogen) atoms. The van der Waals surface area contributed by atoms with Gasteiger partial charge in [0, 0.05) is 29.4 Å². The van der Waals surface area contributed by atoms with E-state index in [9.17, 15) is 0 Å². The minimum absolute atomic E-state index is 0.884. The molecular formula is C17H23N3S. The lowest BCUT2D eigenvalue weighted by molar-refractivity contribution is 0.573. The summed E-state index contributed by atoms with van der Waals surface area (Å²) in [5, 5.41) is 3.46. The summed E-state index contributed by atoms with van der Waals surface area (Å²) in [4.78, 5) is 9.82. The number of nitrogens with zero attached hydrogens (tertiary/aromatic N) is 2. The number of hydrogen-bond acceptors (Lipinski definition) is 4. The van der Waals surface area contributed by atoms with E-state index in [1.807, 2.05) is 17.5 Å². The molecule has 112 valence electrons. The van der Waals surface area contributed by atoms with Gasteiger partial charge in [-0.1, -0.05) is 6.92 Å². The van der Waals surface area contributed by atoms with Gasteiger partial charge in [0.15, 0.2) is 0 Å². The van der Waals surface area contributed by atoms with Crippen LogP contribution in [0, 0.1) is 0 Å². The fourth-order valence-corrected chi connectivity index (χ4v) is 3.59. The van der Waals surface area contributed by atoms with Crippen LogP contribution >= 0.6 is 11.3 Å². The molecule has 3 rings (SSSR count). The molecule has 0 atom stereocenters. The second kappa shape index (κ2) is 6.94. The quantitative estimate of drug-likeness (QED) is 0.892. The first-order valence-corrected chi connectivity index (χ1v) is 8.69. The van der Waals surface area contributed by atoms with E-state index in [2.05, 4.69) is 46.4 Å². The van der Waals surface area contributed by atoms with Crippen molar-refractivity contribution in [2.75, 3.05) is 23.3 Å². The molecule has 1 aliphatic heterocycles. The highest BCUT2D eigenvalue weighted by atomic mass is 32.1. The molecule has 0 bridgehead atoms. The van der Waals surface area contributed by atoms with Gasteiger partial charge in [-0.15, -0.1) is 11.3 Å². The fourth-order valence-electron chi connectivity index (χ4n) is 2.70. The van der Waals surface area contributed by atoms with Gasteiger partial charge in [0.2, 0.25) is 0 Å². The lowest BCUT2D eigenvalue weighted by Gasteiger charge is -2.27. The number of hydrogen-bond donors (Lipinski definition) is 1. The van der Waals surface area contributed by atoms with Crippen molar-refractivity contribution in [3.63, 3.8) is 0 Å². The normalized spacial score (nSPS) is 15.2.